The number of aromatic nitrogens is 3. The summed E-state index contributed by atoms with van der Waals surface area (Å²) in [6.45, 7) is 0. The number of para-hydroxylation sites is 1. The average Bonchev–Trinajstić information content (AvgIpc) is 2.97. The van der Waals surface area contributed by atoms with Gasteiger partial charge in [-0.2, -0.15) is 0 Å². The lowest BCUT2D eigenvalue weighted by atomic mass is 10.2. The molecule has 0 atom stereocenters. The van der Waals surface area contributed by atoms with Gasteiger partial charge in [0.25, 0.3) is 5.91 Å². The second-order valence-corrected chi connectivity index (χ2v) is 3.89. The number of benzene rings is 1. The minimum absolute atomic E-state index is 0.263. The number of amides is 1. The monoisotopic (exact) mass is 241 g/mol. The molecule has 2 aromatic heterocycles. The summed E-state index contributed by atoms with van der Waals surface area (Å²) in [5.74, 6) is 0.146. The highest BCUT2D eigenvalue weighted by Crippen LogP contribution is 2.21. The van der Waals surface area contributed by atoms with E-state index in [1.54, 1.807) is 24.5 Å². The van der Waals surface area contributed by atoms with Crippen LogP contribution in [0.4, 0.5) is 11.6 Å². The molecule has 90 valence electrons. The van der Waals surface area contributed by atoms with E-state index in [1.165, 1.54) is 0 Å². The van der Waals surface area contributed by atoms with Gasteiger partial charge in [-0.05, 0) is 12.1 Å². The van der Waals surface area contributed by atoms with Crippen molar-refractivity contribution >= 4 is 28.4 Å². The Balaban J connectivity index is 1.94. The molecule has 0 aliphatic heterocycles. The lowest BCUT2D eigenvalue weighted by Crippen LogP contribution is -2.13. The first kappa shape index (κ1) is 10.4. The lowest BCUT2D eigenvalue weighted by molar-refractivity contribution is 0.102. The van der Waals surface area contributed by atoms with Gasteiger partial charge < -0.3 is 15.7 Å². The van der Waals surface area contributed by atoms with Gasteiger partial charge in [0.05, 0.1) is 11.2 Å². The molecule has 6 heteroatoms. The molecule has 0 spiro atoms. The molecule has 5 N–H and O–H groups in total. The second-order valence-electron chi connectivity index (χ2n) is 3.89. The van der Waals surface area contributed by atoms with Crippen molar-refractivity contribution < 1.29 is 4.79 Å². The Morgan fingerprint density at radius 1 is 1.39 bits per heavy atom. The summed E-state index contributed by atoms with van der Waals surface area (Å²) >= 11 is 0. The zero-order valence-corrected chi connectivity index (χ0v) is 9.40. The van der Waals surface area contributed by atoms with Crippen LogP contribution in [0.1, 0.15) is 10.5 Å². The van der Waals surface area contributed by atoms with Gasteiger partial charge in [0.1, 0.15) is 5.69 Å². The van der Waals surface area contributed by atoms with E-state index in [0.29, 0.717) is 17.3 Å². The van der Waals surface area contributed by atoms with Crippen LogP contribution in [0.25, 0.3) is 10.9 Å². The summed E-state index contributed by atoms with van der Waals surface area (Å²) in [5.41, 5.74) is 7.65. The minimum Gasteiger partial charge on any atom is -0.397 e. The summed E-state index contributed by atoms with van der Waals surface area (Å²) in [4.78, 5) is 21.7. The average molecular weight is 241 g/mol. The van der Waals surface area contributed by atoms with E-state index in [0.717, 1.165) is 10.9 Å². The van der Waals surface area contributed by atoms with Crippen LogP contribution in [-0.2, 0) is 0 Å². The maximum Gasteiger partial charge on any atom is 0.274 e. The molecular weight excluding hydrogens is 230 g/mol. The second kappa shape index (κ2) is 3.92. The highest BCUT2D eigenvalue weighted by Gasteiger charge is 2.11. The predicted octanol–water partition coefficient (Wildman–Crippen LogP) is 1.73. The summed E-state index contributed by atoms with van der Waals surface area (Å²) in [5, 5.41) is 3.54. The molecule has 0 saturated heterocycles. The topological polar surface area (TPSA) is 99.6 Å². The van der Waals surface area contributed by atoms with Crippen LogP contribution >= 0.6 is 0 Å². The van der Waals surface area contributed by atoms with Gasteiger partial charge in [-0.15, -0.1) is 0 Å². The van der Waals surface area contributed by atoms with Crippen LogP contribution in [0.3, 0.4) is 0 Å². The Bertz CT molecular complexity index is 698. The summed E-state index contributed by atoms with van der Waals surface area (Å²) < 4.78 is 0. The van der Waals surface area contributed by atoms with Crippen LogP contribution in [0.15, 0.2) is 36.7 Å². The molecule has 3 aromatic rings. The number of carbonyl (C=O) groups excluding carboxylic acids is 1. The molecule has 0 aliphatic carbocycles. The molecule has 0 unspecified atom stereocenters. The van der Waals surface area contributed by atoms with Crippen molar-refractivity contribution in [3.05, 3.63) is 42.4 Å². The van der Waals surface area contributed by atoms with Crippen molar-refractivity contribution in [3.63, 3.8) is 0 Å². The van der Waals surface area contributed by atoms with Crippen molar-refractivity contribution in [2.75, 3.05) is 11.1 Å². The van der Waals surface area contributed by atoms with E-state index in [1.807, 2.05) is 12.1 Å². The van der Waals surface area contributed by atoms with Gasteiger partial charge >= 0.3 is 0 Å². The minimum atomic E-state index is -0.263. The maximum atomic E-state index is 11.9. The number of aromatic amines is 2. The Morgan fingerprint density at radius 3 is 3.00 bits per heavy atom. The van der Waals surface area contributed by atoms with E-state index in [4.69, 9.17) is 5.73 Å². The number of nitrogens with one attached hydrogen (secondary N) is 3. The molecule has 0 saturated carbocycles. The Labute approximate surface area is 102 Å². The van der Waals surface area contributed by atoms with Crippen molar-refractivity contribution in [2.24, 2.45) is 0 Å². The number of fused-ring (bicyclic) bond motifs is 1. The van der Waals surface area contributed by atoms with E-state index >= 15 is 0 Å². The Kier molecular flexibility index (Phi) is 2.26. The van der Waals surface area contributed by atoms with E-state index in [9.17, 15) is 4.79 Å². The summed E-state index contributed by atoms with van der Waals surface area (Å²) in [7, 11) is 0. The third-order valence-corrected chi connectivity index (χ3v) is 2.66. The molecule has 1 amide bonds. The first-order chi connectivity index (χ1) is 8.74. The number of hydrogen-bond donors (Lipinski definition) is 4. The van der Waals surface area contributed by atoms with Crippen LogP contribution in [0.2, 0.25) is 0 Å². The fourth-order valence-corrected chi connectivity index (χ4v) is 1.81. The molecule has 1 aromatic carbocycles. The highest BCUT2D eigenvalue weighted by atomic mass is 16.2. The first-order valence-electron chi connectivity index (χ1n) is 5.42. The number of nitrogens with zero attached hydrogens (tertiary/aromatic N) is 1. The van der Waals surface area contributed by atoms with Gasteiger partial charge in [-0.3, -0.25) is 10.1 Å². The van der Waals surface area contributed by atoms with Gasteiger partial charge in [0.15, 0.2) is 0 Å². The molecule has 3 rings (SSSR count). The van der Waals surface area contributed by atoms with E-state index in [2.05, 4.69) is 20.3 Å². The third-order valence-electron chi connectivity index (χ3n) is 2.66. The van der Waals surface area contributed by atoms with Gasteiger partial charge in [-0.25, -0.2) is 4.98 Å². The lowest BCUT2D eigenvalue weighted by Gasteiger charge is -1.98. The van der Waals surface area contributed by atoms with Crippen LogP contribution in [0.5, 0.6) is 0 Å². The molecule has 2 heterocycles. The van der Waals surface area contributed by atoms with Crippen molar-refractivity contribution in [1.82, 2.24) is 15.0 Å². The maximum absolute atomic E-state index is 11.9. The molecule has 6 nitrogen and oxygen atoms in total. The SMILES string of the molecule is Nc1cccc2cc(C(=O)Nc3ncc[nH]3)[nH]c12. The quantitative estimate of drug-likeness (QED) is 0.514. The van der Waals surface area contributed by atoms with Crippen LogP contribution in [-0.4, -0.2) is 20.9 Å². The first-order valence-corrected chi connectivity index (χ1v) is 5.42. The van der Waals surface area contributed by atoms with Crippen LogP contribution < -0.4 is 11.1 Å². The third kappa shape index (κ3) is 1.69. The number of carbonyl (C=O) groups is 1. The van der Waals surface area contributed by atoms with E-state index in [-0.39, 0.29) is 5.91 Å². The zero-order chi connectivity index (χ0) is 12.5. The zero-order valence-electron chi connectivity index (χ0n) is 9.40. The Hall–Kier alpha value is -2.76. The molecular formula is C12H11N5O. The number of rotatable bonds is 2. The molecule has 18 heavy (non-hydrogen) atoms. The predicted molar refractivity (Wildman–Crippen MR) is 69.3 cm³/mol. The number of anilines is 2. The molecule has 0 fully saturated rings. The number of H-pyrrole nitrogens is 2. The molecule has 0 radical (unpaired) electrons. The normalized spacial score (nSPS) is 10.7. The highest BCUT2D eigenvalue weighted by molar-refractivity contribution is 6.06. The number of nitrogens with two attached hydrogens (primary N) is 1. The van der Waals surface area contributed by atoms with Crippen molar-refractivity contribution in [2.45, 2.75) is 0 Å². The van der Waals surface area contributed by atoms with Gasteiger partial charge in [0.2, 0.25) is 5.95 Å². The molecule has 0 aliphatic rings. The number of nitrogen functional groups attached to an aromatic ring is 1. The van der Waals surface area contributed by atoms with Crippen molar-refractivity contribution in [3.8, 4) is 0 Å². The fourth-order valence-electron chi connectivity index (χ4n) is 1.81. The van der Waals surface area contributed by atoms with Gasteiger partial charge in [0, 0.05) is 17.8 Å². The largest absolute Gasteiger partial charge is 0.397 e. The smallest absolute Gasteiger partial charge is 0.274 e. The van der Waals surface area contributed by atoms with Crippen LogP contribution in [0, 0.1) is 0 Å². The Morgan fingerprint density at radius 2 is 2.28 bits per heavy atom. The summed E-state index contributed by atoms with van der Waals surface area (Å²) in [6.07, 6.45) is 3.21. The van der Waals surface area contributed by atoms with Crippen molar-refractivity contribution in [1.29, 1.82) is 0 Å². The standard InChI is InChI=1S/C12H11N5O/c13-8-3-1-2-7-6-9(16-10(7)8)11(18)17-12-14-4-5-15-12/h1-6,16H,13H2,(H2,14,15,17,18). The number of imidazole rings is 1. The van der Waals surface area contributed by atoms with Gasteiger partial charge in [-0.1, -0.05) is 12.1 Å². The number of hydrogen-bond acceptors (Lipinski definition) is 3. The molecule has 0 bridgehead atoms. The van der Waals surface area contributed by atoms with E-state index < -0.39 is 0 Å². The summed E-state index contributed by atoms with van der Waals surface area (Å²) in [6, 6.07) is 7.28. The fraction of sp³-hybridized carbons (Fsp3) is 0.